The average molecular weight is 304 g/mol. The molecule has 0 amide bonds. The van der Waals surface area contributed by atoms with Gasteiger partial charge in [-0.2, -0.15) is 5.10 Å². The quantitative estimate of drug-likeness (QED) is 0.844. The summed E-state index contributed by atoms with van der Waals surface area (Å²) in [7, 11) is 1.99. The Morgan fingerprint density at radius 1 is 1.27 bits per heavy atom. The zero-order chi connectivity index (χ0) is 15.0. The molecule has 1 aromatic heterocycles. The van der Waals surface area contributed by atoms with Crippen LogP contribution in [-0.2, 0) is 18.3 Å². The number of nitrogens with zero attached hydrogens (tertiary/aromatic N) is 4. The highest BCUT2D eigenvalue weighted by Crippen LogP contribution is 2.37. The van der Waals surface area contributed by atoms with Gasteiger partial charge < -0.3 is 4.74 Å². The van der Waals surface area contributed by atoms with Crippen molar-refractivity contribution in [2.24, 2.45) is 13.0 Å². The number of rotatable bonds is 4. The first-order valence-corrected chi connectivity index (χ1v) is 8.76. The van der Waals surface area contributed by atoms with Gasteiger partial charge in [-0.1, -0.05) is 0 Å². The van der Waals surface area contributed by atoms with Gasteiger partial charge in [-0.25, -0.2) is 0 Å². The van der Waals surface area contributed by atoms with Crippen LogP contribution < -0.4 is 0 Å². The molecule has 0 aromatic carbocycles. The van der Waals surface area contributed by atoms with Crippen LogP contribution in [-0.4, -0.2) is 64.5 Å². The van der Waals surface area contributed by atoms with Crippen LogP contribution in [0.1, 0.15) is 31.2 Å². The molecule has 1 spiro atoms. The summed E-state index contributed by atoms with van der Waals surface area (Å²) in [5.74, 6) is 0.975. The summed E-state index contributed by atoms with van der Waals surface area (Å²) in [6, 6.07) is 0. The van der Waals surface area contributed by atoms with Gasteiger partial charge in [0.15, 0.2) is 0 Å². The average Bonchev–Trinajstić information content (AvgIpc) is 3.25. The first-order chi connectivity index (χ1) is 10.7. The second-order valence-electron chi connectivity index (χ2n) is 7.46. The Bertz CT molecular complexity index is 503. The van der Waals surface area contributed by atoms with Crippen molar-refractivity contribution in [2.45, 2.75) is 37.8 Å². The summed E-state index contributed by atoms with van der Waals surface area (Å²) < 4.78 is 7.77. The van der Waals surface area contributed by atoms with Crippen molar-refractivity contribution < 1.29 is 4.74 Å². The number of piperidine rings is 1. The van der Waals surface area contributed by atoms with E-state index in [1.165, 1.54) is 50.9 Å². The molecular formula is C17H28N4O. The van der Waals surface area contributed by atoms with Crippen LogP contribution in [0.4, 0.5) is 0 Å². The number of likely N-dealkylation sites (tertiary alicyclic amines) is 1. The second kappa shape index (κ2) is 5.95. The molecule has 5 heteroatoms. The molecule has 22 heavy (non-hydrogen) atoms. The predicted molar refractivity (Wildman–Crippen MR) is 85.6 cm³/mol. The maximum atomic E-state index is 5.88. The third-order valence-corrected chi connectivity index (χ3v) is 5.67. The predicted octanol–water partition coefficient (Wildman–Crippen LogP) is 1.50. The number of morpholine rings is 1. The lowest BCUT2D eigenvalue weighted by Crippen LogP contribution is -2.61. The van der Waals surface area contributed by atoms with Crippen molar-refractivity contribution in [2.75, 3.05) is 39.4 Å². The van der Waals surface area contributed by atoms with Crippen molar-refractivity contribution in [3.05, 3.63) is 18.0 Å². The minimum absolute atomic E-state index is 0.326. The fourth-order valence-corrected chi connectivity index (χ4v) is 4.06. The maximum Gasteiger partial charge on any atom is 0.0652 e. The molecule has 0 bridgehead atoms. The van der Waals surface area contributed by atoms with Gasteiger partial charge in [-0.05, 0) is 31.6 Å². The van der Waals surface area contributed by atoms with Crippen LogP contribution in [0.5, 0.6) is 0 Å². The van der Waals surface area contributed by atoms with Crippen molar-refractivity contribution in [3.63, 3.8) is 0 Å². The van der Waals surface area contributed by atoms with Gasteiger partial charge in [0.1, 0.15) is 0 Å². The first-order valence-electron chi connectivity index (χ1n) is 8.76. The van der Waals surface area contributed by atoms with E-state index in [9.17, 15) is 0 Å². The highest BCUT2D eigenvalue weighted by molar-refractivity contribution is 5.05. The third-order valence-electron chi connectivity index (χ3n) is 5.67. The molecule has 0 unspecified atom stereocenters. The molecule has 3 heterocycles. The van der Waals surface area contributed by atoms with Crippen LogP contribution in [0.3, 0.4) is 0 Å². The Morgan fingerprint density at radius 3 is 2.77 bits per heavy atom. The van der Waals surface area contributed by atoms with E-state index in [1.54, 1.807) is 0 Å². The molecule has 2 saturated heterocycles. The highest BCUT2D eigenvalue weighted by Gasteiger charge is 2.43. The lowest BCUT2D eigenvalue weighted by atomic mass is 9.85. The van der Waals surface area contributed by atoms with Crippen LogP contribution in [0.15, 0.2) is 12.4 Å². The van der Waals surface area contributed by atoms with E-state index >= 15 is 0 Å². The molecule has 4 rings (SSSR count). The zero-order valence-corrected chi connectivity index (χ0v) is 13.7. The number of hydrogen-bond donors (Lipinski definition) is 0. The van der Waals surface area contributed by atoms with E-state index in [0.29, 0.717) is 5.54 Å². The number of aromatic nitrogens is 2. The van der Waals surface area contributed by atoms with Gasteiger partial charge in [0.25, 0.3) is 0 Å². The van der Waals surface area contributed by atoms with Gasteiger partial charge in [0.05, 0.1) is 19.4 Å². The fraction of sp³-hybridized carbons (Fsp3) is 0.824. The highest BCUT2D eigenvalue weighted by atomic mass is 16.5. The Balaban J connectivity index is 1.36. The normalized spacial score (nSPS) is 26.6. The zero-order valence-electron chi connectivity index (χ0n) is 13.7. The van der Waals surface area contributed by atoms with Gasteiger partial charge in [0.2, 0.25) is 0 Å². The smallest absolute Gasteiger partial charge is 0.0652 e. The lowest BCUT2D eigenvalue weighted by Gasteiger charge is -2.51. The molecule has 2 aliphatic heterocycles. The van der Waals surface area contributed by atoms with E-state index in [2.05, 4.69) is 21.1 Å². The molecule has 0 atom stereocenters. The molecular weight excluding hydrogens is 276 g/mol. The summed E-state index contributed by atoms with van der Waals surface area (Å²) in [6.07, 6.45) is 9.52. The Labute approximate surface area is 133 Å². The lowest BCUT2D eigenvalue weighted by molar-refractivity contribution is -0.0970. The van der Waals surface area contributed by atoms with Crippen LogP contribution in [0.25, 0.3) is 0 Å². The van der Waals surface area contributed by atoms with Gasteiger partial charge in [0, 0.05) is 57.1 Å². The second-order valence-corrected chi connectivity index (χ2v) is 7.46. The number of hydrogen-bond acceptors (Lipinski definition) is 4. The van der Waals surface area contributed by atoms with E-state index in [0.717, 1.165) is 32.2 Å². The van der Waals surface area contributed by atoms with Crippen molar-refractivity contribution >= 4 is 0 Å². The number of aryl methyl sites for hydroxylation is 1. The van der Waals surface area contributed by atoms with Crippen LogP contribution in [0.2, 0.25) is 0 Å². The standard InChI is InChI=1S/C17H28N4O/c1-19-11-16(10-18-19)12-20-6-4-17(5-7-20)14-22-9-8-21(17)13-15-2-3-15/h10-11,15H,2-9,12-14H2,1H3. The SMILES string of the molecule is Cn1cc(CN2CCC3(CC2)COCCN3CC2CC2)cn1. The molecule has 3 fully saturated rings. The minimum Gasteiger partial charge on any atom is -0.378 e. The van der Waals surface area contributed by atoms with Crippen LogP contribution >= 0.6 is 0 Å². The third kappa shape index (κ3) is 3.07. The van der Waals surface area contributed by atoms with E-state index in [4.69, 9.17) is 4.74 Å². The summed E-state index contributed by atoms with van der Waals surface area (Å²) >= 11 is 0. The molecule has 5 nitrogen and oxygen atoms in total. The van der Waals surface area contributed by atoms with E-state index < -0.39 is 0 Å². The topological polar surface area (TPSA) is 33.5 Å². The van der Waals surface area contributed by atoms with Gasteiger partial charge >= 0.3 is 0 Å². The number of ether oxygens (including phenoxy) is 1. The molecule has 0 N–H and O–H groups in total. The first kappa shape index (κ1) is 14.7. The molecule has 122 valence electrons. The Kier molecular flexibility index (Phi) is 3.96. The molecule has 1 saturated carbocycles. The van der Waals surface area contributed by atoms with Crippen molar-refractivity contribution in [1.82, 2.24) is 19.6 Å². The summed E-state index contributed by atoms with van der Waals surface area (Å²) in [4.78, 5) is 5.35. The van der Waals surface area contributed by atoms with Crippen molar-refractivity contribution in [3.8, 4) is 0 Å². The Morgan fingerprint density at radius 2 is 2.09 bits per heavy atom. The van der Waals surface area contributed by atoms with Crippen LogP contribution in [0, 0.1) is 5.92 Å². The van der Waals surface area contributed by atoms with Gasteiger partial charge in [-0.3, -0.25) is 14.5 Å². The van der Waals surface area contributed by atoms with E-state index in [1.807, 2.05) is 17.9 Å². The van der Waals surface area contributed by atoms with Gasteiger partial charge in [-0.15, -0.1) is 0 Å². The molecule has 1 aromatic rings. The summed E-state index contributed by atoms with van der Waals surface area (Å²) in [5, 5.41) is 4.28. The minimum atomic E-state index is 0.326. The Hall–Kier alpha value is -0.910. The largest absolute Gasteiger partial charge is 0.378 e. The maximum absolute atomic E-state index is 5.88. The molecule has 0 radical (unpaired) electrons. The monoisotopic (exact) mass is 304 g/mol. The molecule has 3 aliphatic rings. The molecule has 1 aliphatic carbocycles. The fourth-order valence-electron chi connectivity index (χ4n) is 4.06. The van der Waals surface area contributed by atoms with Crippen molar-refractivity contribution in [1.29, 1.82) is 0 Å². The summed E-state index contributed by atoms with van der Waals surface area (Å²) in [6.45, 7) is 7.71. The van der Waals surface area contributed by atoms with E-state index in [-0.39, 0.29) is 0 Å². The summed E-state index contributed by atoms with van der Waals surface area (Å²) in [5.41, 5.74) is 1.65.